The topological polar surface area (TPSA) is 96.3 Å². The number of benzene rings is 3. The number of hydrogen-bond acceptors (Lipinski definition) is 4. The lowest BCUT2D eigenvalue weighted by atomic mass is 9.95. The number of hydrogen-bond donors (Lipinski definition) is 1. The molecule has 4 rings (SSSR count). The fourth-order valence-corrected chi connectivity index (χ4v) is 4.83. The second kappa shape index (κ2) is 11.1. The summed E-state index contributed by atoms with van der Waals surface area (Å²) in [6, 6.07) is 23.9. The van der Waals surface area contributed by atoms with E-state index in [0.717, 1.165) is 42.4 Å². The van der Waals surface area contributed by atoms with E-state index in [1.165, 1.54) is 10.7 Å². The third-order valence-corrected chi connectivity index (χ3v) is 6.84. The Morgan fingerprint density at radius 2 is 1.65 bits per heavy atom. The Balaban J connectivity index is 1.47. The minimum atomic E-state index is -2.49. The van der Waals surface area contributed by atoms with Crippen LogP contribution in [0.1, 0.15) is 53.6 Å². The third kappa shape index (κ3) is 5.90. The van der Waals surface area contributed by atoms with Crippen molar-refractivity contribution in [1.82, 2.24) is 5.32 Å². The molecule has 0 bridgehead atoms. The van der Waals surface area contributed by atoms with Gasteiger partial charge in [-0.3, -0.25) is 13.3 Å². The molecular weight excluding hydrogens is 446 g/mol. The second-order valence-corrected chi connectivity index (χ2v) is 9.37. The first-order valence-electron chi connectivity index (χ1n) is 11.4. The number of rotatable bonds is 7. The summed E-state index contributed by atoms with van der Waals surface area (Å²) in [7, 11) is 0. The van der Waals surface area contributed by atoms with Gasteiger partial charge < -0.3 is 9.87 Å². The summed E-state index contributed by atoms with van der Waals surface area (Å²) in [5.74, 6) is -0.115. The first-order valence-corrected chi connectivity index (χ1v) is 12.4. The van der Waals surface area contributed by atoms with Crippen LogP contribution in [0.15, 0.2) is 72.8 Å². The Hall–Kier alpha value is -3.47. The summed E-state index contributed by atoms with van der Waals surface area (Å²) < 4.78 is 25.3. The molecule has 1 amide bonds. The zero-order valence-electron chi connectivity index (χ0n) is 18.8. The van der Waals surface area contributed by atoms with E-state index in [0.29, 0.717) is 16.8 Å². The molecular formula is C27H26N3O3S-. The number of nitrogens with one attached hydrogen (secondary N) is 1. The van der Waals surface area contributed by atoms with Crippen LogP contribution in [0, 0.1) is 11.3 Å². The molecule has 1 saturated carbocycles. The SMILES string of the molecule is N#Cc1ccc(-c2ccc(N(Cc3cccc(C(=O)NC4CCCCC4)c3)S(=O)[O-])cc2)cc1. The lowest BCUT2D eigenvalue weighted by molar-refractivity contribution is 0.0927. The summed E-state index contributed by atoms with van der Waals surface area (Å²) in [5, 5.41) is 12.1. The van der Waals surface area contributed by atoms with Crippen LogP contribution >= 0.6 is 0 Å². The summed E-state index contributed by atoms with van der Waals surface area (Å²) in [5.41, 5.74) is 4.25. The predicted octanol–water partition coefficient (Wildman–Crippen LogP) is 5.09. The standard InChI is InChI=1S/C27H27N3O3S/c28-18-20-9-11-22(12-10-20)23-13-15-26(16-14-23)30(34(32)33)19-21-5-4-6-24(17-21)27(31)29-25-7-2-1-3-8-25/h4-6,9-17,25H,1-3,7-8,19H2,(H,29,31)(H,32,33)/p-1. The van der Waals surface area contributed by atoms with E-state index in [4.69, 9.17) is 5.26 Å². The van der Waals surface area contributed by atoms with Gasteiger partial charge in [0.25, 0.3) is 5.91 Å². The minimum absolute atomic E-state index is 0.115. The minimum Gasteiger partial charge on any atom is -0.755 e. The number of carbonyl (C=O) groups is 1. The number of nitriles is 1. The van der Waals surface area contributed by atoms with Crippen molar-refractivity contribution >= 4 is 22.9 Å². The maximum atomic E-state index is 12.7. The maximum absolute atomic E-state index is 12.7. The molecule has 7 heteroatoms. The molecule has 1 aliphatic rings. The highest BCUT2D eigenvalue weighted by molar-refractivity contribution is 7.80. The predicted molar refractivity (Wildman–Crippen MR) is 132 cm³/mol. The van der Waals surface area contributed by atoms with Gasteiger partial charge in [0.15, 0.2) is 0 Å². The lowest BCUT2D eigenvalue weighted by Gasteiger charge is -2.27. The molecule has 1 atom stereocenters. The van der Waals surface area contributed by atoms with Crippen molar-refractivity contribution in [2.45, 2.75) is 44.7 Å². The van der Waals surface area contributed by atoms with Gasteiger partial charge in [0, 0.05) is 28.6 Å². The molecule has 34 heavy (non-hydrogen) atoms. The normalized spacial score (nSPS) is 14.7. The van der Waals surface area contributed by atoms with Gasteiger partial charge in [0.2, 0.25) is 0 Å². The molecule has 6 nitrogen and oxygen atoms in total. The van der Waals surface area contributed by atoms with Crippen LogP contribution in [-0.4, -0.2) is 20.7 Å². The van der Waals surface area contributed by atoms with Crippen LogP contribution < -0.4 is 9.62 Å². The average molecular weight is 473 g/mol. The largest absolute Gasteiger partial charge is 0.755 e. The Morgan fingerprint density at radius 1 is 1.00 bits per heavy atom. The molecule has 1 fully saturated rings. The smallest absolute Gasteiger partial charge is 0.251 e. The molecule has 0 aliphatic heterocycles. The van der Waals surface area contributed by atoms with Crippen LogP contribution in [0.3, 0.4) is 0 Å². The Bertz CT molecular complexity index is 1200. The molecule has 1 unspecified atom stereocenters. The van der Waals surface area contributed by atoms with Gasteiger partial charge in [0.1, 0.15) is 0 Å². The van der Waals surface area contributed by atoms with E-state index in [-0.39, 0.29) is 18.5 Å². The first-order chi connectivity index (χ1) is 16.5. The Labute approximate surface area is 202 Å². The number of carbonyl (C=O) groups excluding carboxylic acids is 1. The van der Waals surface area contributed by atoms with Gasteiger partial charge in [-0.2, -0.15) is 5.26 Å². The van der Waals surface area contributed by atoms with Crippen molar-refractivity contribution in [3.8, 4) is 17.2 Å². The van der Waals surface area contributed by atoms with Crippen molar-refractivity contribution in [2.24, 2.45) is 0 Å². The zero-order valence-corrected chi connectivity index (χ0v) is 19.6. The average Bonchev–Trinajstić information content (AvgIpc) is 2.88. The summed E-state index contributed by atoms with van der Waals surface area (Å²) in [6.45, 7) is 0.122. The molecule has 0 aromatic heterocycles. The van der Waals surface area contributed by atoms with Crippen LogP contribution in [0.5, 0.6) is 0 Å². The zero-order chi connectivity index (χ0) is 23.9. The molecule has 0 spiro atoms. The van der Waals surface area contributed by atoms with E-state index in [1.807, 2.05) is 30.3 Å². The quantitative estimate of drug-likeness (QED) is 0.485. The van der Waals surface area contributed by atoms with Crippen molar-refractivity contribution in [2.75, 3.05) is 4.31 Å². The van der Waals surface area contributed by atoms with Gasteiger partial charge >= 0.3 is 0 Å². The highest BCUT2D eigenvalue weighted by Crippen LogP contribution is 2.26. The van der Waals surface area contributed by atoms with Crippen LogP contribution in [0.2, 0.25) is 0 Å². The van der Waals surface area contributed by atoms with Crippen molar-refractivity contribution in [3.63, 3.8) is 0 Å². The molecule has 1 aliphatic carbocycles. The molecule has 0 radical (unpaired) electrons. The van der Waals surface area contributed by atoms with Crippen LogP contribution in [0.25, 0.3) is 11.1 Å². The highest BCUT2D eigenvalue weighted by Gasteiger charge is 2.17. The number of anilines is 1. The van der Waals surface area contributed by atoms with E-state index in [1.54, 1.807) is 42.5 Å². The van der Waals surface area contributed by atoms with E-state index in [2.05, 4.69) is 11.4 Å². The summed E-state index contributed by atoms with van der Waals surface area (Å²) >= 11 is -2.49. The van der Waals surface area contributed by atoms with Gasteiger partial charge in [-0.15, -0.1) is 0 Å². The van der Waals surface area contributed by atoms with Gasteiger partial charge in [0.05, 0.1) is 18.2 Å². The van der Waals surface area contributed by atoms with Gasteiger partial charge in [-0.1, -0.05) is 55.7 Å². The number of amides is 1. The van der Waals surface area contributed by atoms with Crippen molar-refractivity contribution in [3.05, 3.63) is 89.5 Å². The monoisotopic (exact) mass is 472 g/mol. The fraction of sp³-hybridized carbons (Fsp3) is 0.259. The van der Waals surface area contributed by atoms with Crippen molar-refractivity contribution in [1.29, 1.82) is 5.26 Å². The molecule has 3 aromatic carbocycles. The molecule has 174 valence electrons. The maximum Gasteiger partial charge on any atom is 0.251 e. The van der Waals surface area contributed by atoms with E-state index >= 15 is 0 Å². The van der Waals surface area contributed by atoms with Gasteiger partial charge in [-0.25, -0.2) is 0 Å². The van der Waals surface area contributed by atoms with Crippen LogP contribution in [-0.2, 0) is 17.8 Å². The van der Waals surface area contributed by atoms with Gasteiger partial charge in [-0.05, 0) is 65.9 Å². The second-order valence-electron chi connectivity index (χ2n) is 8.50. The molecule has 3 aromatic rings. The van der Waals surface area contributed by atoms with E-state index in [9.17, 15) is 13.6 Å². The lowest BCUT2D eigenvalue weighted by Crippen LogP contribution is -2.36. The molecule has 0 saturated heterocycles. The summed E-state index contributed by atoms with van der Waals surface area (Å²) in [6.07, 6.45) is 5.51. The Kier molecular flexibility index (Phi) is 7.73. The third-order valence-electron chi connectivity index (χ3n) is 6.14. The molecule has 0 heterocycles. The number of nitrogens with zero attached hydrogens (tertiary/aromatic N) is 2. The van der Waals surface area contributed by atoms with E-state index < -0.39 is 11.3 Å². The summed E-state index contributed by atoms with van der Waals surface area (Å²) in [4.78, 5) is 12.7. The highest BCUT2D eigenvalue weighted by atomic mass is 32.2. The fourth-order valence-electron chi connectivity index (χ4n) is 4.28. The van der Waals surface area contributed by atoms with Crippen LogP contribution in [0.4, 0.5) is 5.69 Å². The molecule has 1 N–H and O–H groups in total. The van der Waals surface area contributed by atoms with Crippen molar-refractivity contribution < 1.29 is 13.6 Å². The first kappa shape index (κ1) is 23.7. The Morgan fingerprint density at radius 3 is 2.26 bits per heavy atom.